The van der Waals surface area contributed by atoms with Gasteiger partial charge in [0, 0.05) is 12.7 Å². The third-order valence-corrected chi connectivity index (χ3v) is 3.54. The zero-order chi connectivity index (χ0) is 15.2. The largest absolute Gasteiger partial charge is 0.497 e. The Labute approximate surface area is 124 Å². The Bertz CT molecular complexity index is 487. The van der Waals surface area contributed by atoms with E-state index in [0.717, 1.165) is 19.4 Å². The van der Waals surface area contributed by atoms with Crippen LogP contribution in [0, 0.1) is 0 Å². The van der Waals surface area contributed by atoms with Crippen LogP contribution in [0.25, 0.3) is 0 Å². The molecule has 0 bridgehead atoms. The lowest BCUT2D eigenvalue weighted by molar-refractivity contribution is 0.0868. The van der Waals surface area contributed by atoms with Crippen molar-refractivity contribution in [2.45, 2.75) is 31.9 Å². The number of carbonyl (C=O) groups excluding carboxylic acids is 1. The Hall–Kier alpha value is -1.95. The van der Waals surface area contributed by atoms with Crippen molar-refractivity contribution in [2.75, 3.05) is 26.1 Å². The van der Waals surface area contributed by atoms with Gasteiger partial charge in [0.05, 0.1) is 32.1 Å². The second-order valence-electron chi connectivity index (χ2n) is 5.00. The maximum absolute atomic E-state index is 12.0. The van der Waals surface area contributed by atoms with Crippen LogP contribution in [0.1, 0.15) is 19.8 Å². The van der Waals surface area contributed by atoms with E-state index >= 15 is 0 Å². The van der Waals surface area contributed by atoms with Crippen LogP contribution < -0.4 is 20.1 Å². The molecule has 0 radical (unpaired) electrons. The summed E-state index contributed by atoms with van der Waals surface area (Å²) >= 11 is 0. The van der Waals surface area contributed by atoms with Gasteiger partial charge in [-0.2, -0.15) is 0 Å². The smallest absolute Gasteiger partial charge is 0.319 e. The molecule has 2 amide bonds. The fraction of sp³-hybridized carbons (Fsp3) is 0.533. The van der Waals surface area contributed by atoms with E-state index in [0.29, 0.717) is 17.2 Å². The summed E-state index contributed by atoms with van der Waals surface area (Å²) in [6, 6.07) is 4.92. The van der Waals surface area contributed by atoms with Gasteiger partial charge in [0.25, 0.3) is 0 Å². The summed E-state index contributed by atoms with van der Waals surface area (Å²) in [5.74, 6) is 1.22. The number of urea groups is 1. The van der Waals surface area contributed by atoms with Gasteiger partial charge >= 0.3 is 6.03 Å². The maximum atomic E-state index is 12.0. The molecule has 116 valence electrons. The number of anilines is 1. The van der Waals surface area contributed by atoms with Gasteiger partial charge in [-0.1, -0.05) is 0 Å². The van der Waals surface area contributed by atoms with Crippen LogP contribution in [0.15, 0.2) is 18.2 Å². The number of nitrogens with one attached hydrogen (secondary N) is 2. The van der Waals surface area contributed by atoms with E-state index < -0.39 is 0 Å². The maximum Gasteiger partial charge on any atom is 0.319 e. The van der Waals surface area contributed by atoms with Gasteiger partial charge in [0.1, 0.15) is 11.5 Å². The second kappa shape index (κ2) is 7.17. The second-order valence-corrected chi connectivity index (χ2v) is 5.00. The van der Waals surface area contributed by atoms with Gasteiger partial charge in [-0.3, -0.25) is 0 Å². The standard InChI is InChI=1S/C15H22N2O4/c1-10(13-5-4-8-21-13)16-15(18)17-12-7-6-11(19-2)9-14(12)20-3/h6-7,9-10,13H,4-5,8H2,1-3H3,(H2,16,17,18)/t10-,13-/m0/s1. The number of hydrogen-bond acceptors (Lipinski definition) is 4. The molecule has 0 saturated carbocycles. The first-order chi connectivity index (χ1) is 10.1. The number of benzene rings is 1. The van der Waals surface area contributed by atoms with E-state index in [4.69, 9.17) is 14.2 Å². The molecule has 1 fully saturated rings. The first kappa shape index (κ1) is 15.4. The molecule has 1 aliphatic heterocycles. The van der Waals surface area contributed by atoms with E-state index in [2.05, 4.69) is 10.6 Å². The van der Waals surface area contributed by atoms with Crippen molar-refractivity contribution >= 4 is 11.7 Å². The predicted molar refractivity (Wildman–Crippen MR) is 80.1 cm³/mol. The van der Waals surface area contributed by atoms with E-state index in [1.54, 1.807) is 32.4 Å². The Balaban J connectivity index is 1.95. The summed E-state index contributed by atoms with van der Waals surface area (Å²) in [7, 11) is 3.13. The zero-order valence-electron chi connectivity index (χ0n) is 12.6. The van der Waals surface area contributed by atoms with Crippen LogP contribution >= 0.6 is 0 Å². The fourth-order valence-electron chi connectivity index (χ4n) is 2.36. The average molecular weight is 294 g/mol. The molecule has 0 unspecified atom stereocenters. The van der Waals surface area contributed by atoms with Crippen LogP contribution in [-0.4, -0.2) is 39.0 Å². The summed E-state index contributed by atoms with van der Waals surface area (Å²) in [6.07, 6.45) is 2.12. The lowest BCUT2D eigenvalue weighted by Gasteiger charge is -2.20. The SMILES string of the molecule is COc1ccc(NC(=O)N[C@@H](C)[C@@H]2CCCO2)c(OC)c1. The van der Waals surface area contributed by atoms with Crippen LogP contribution in [0.2, 0.25) is 0 Å². The molecule has 1 aliphatic rings. The minimum Gasteiger partial charge on any atom is -0.497 e. The highest BCUT2D eigenvalue weighted by Gasteiger charge is 2.23. The minimum atomic E-state index is -0.276. The highest BCUT2D eigenvalue weighted by atomic mass is 16.5. The van der Waals surface area contributed by atoms with Gasteiger partial charge in [0.2, 0.25) is 0 Å². The molecule has 2 atom stereocenters. The number of carbonyl (C=O) groups is 1. The molecular weight excluding hydrogens is 272 g/mol. The minimum absolute atomic E-state index is 0.0308. The lowest BCUT2D eigenvalue weighted by Crippen LogP contribution is -2.43. The average Bonchev–Trinajstić information content (AvgIpc) is 3.01. The third kappa shape index (κ3) is 4.01. The summed E-state index contributed by atoms with van der Waals surface area (Å²) < 4.78 is 15.9. The Kier molecular flexibility index (Phi) is 5.27. The van der Waals surface area contributed by atoms with Crippen molar-refractivity contribution < 1.29 is 19.0 Å². The van der Waals surface area contributed by atoms with Gasteiger partial charge < -0.3 is 24.8 Å². The molecule has 0 spiro atoms. The lowest BCUT2D eigenvalue weighted by atomic mass is 10.1. The highest BCUT2D eigenvalue weighted by Crippen LogP contribution is 2.29. The van der Waals surface area contributed by atoms with Gasteiger partial charge in [-0.25, -0.2) is 4.79 Å². The van der Waals surface area contributed by atoms with Crippen LogP contribution in [0.5, 0.6) is 11.5 Å². The third-order valence-electron chi connectivity index (χ3n) is 3.54. The van der Waals surface area contributed by atoms with Crippen molar-refractivity contribution in [1.82, 2.24) is 5.32 Å². The summed E-state index contributed by atoms with van der Waals surface area (Å²) in [5.41, 5.74) is 0.593. The first-order valence-corrected chi connectivity index (χ1v) is 7.05. The Morgan fingerprint density at radius 3 is 2.81 bits per heavy atom. The predicted octanol–water partition coefficient (Wildman–Crippen LogP) is 2.39. The molecule has 1 aromatic rings. The first-order valence-electron chi connectivity index (χ1n) is 7.05. The topological polar surface area (TPSA) is 68.8 Å². The molecular formula is C15H22N2O4. The molecule has 0 aliphatic carbocycles. The van der Waals surface area contributed by atoms with E-state index in [9.17, 15) is 4.79 Å². The van der Waals surface area contributed by atoms with Crippen molar-refractivity contribution in [1.29, 1.82) is 0 Å². The van der Waals surface area contributed by atoms with Crippen molar-refractivity contribution in [3.63, 3.8) is 0 Å². The molecule has 1 aromatic carbocycles. The molecule has 1 saturated heterocycles. The Morgan fingerprint density at radius 1 is 1.38 bits per heavy atom. The van der Waals surface area contributed by atoms with Gasteiger partial charge in [-0.05, 0) is 31.9 Å². The molecule has 6 heteroatoms. The van der Waals surface area contributed by atoms with Crippen LogP contribution in [0.3, 0.4) is 0 Å². The zero-order valence-corrected chi connectivity index (χ0v) is 12.6. The van der Waals surface area contributed by atoms with E-state index in [1.807, 2.05) is 6.92 Å². The van der Waals surface area contributed by atoms with Crippen molar-refractivity contribution in [2.24, 2.45) is 0 Å². The fourth-order valence-corrected chi connectivity index (χ4v) is 2.36. The quantitative estimate of drug-likeness (QED) is 0.875. The number of rotatable bonds is 5. The van der Waals surface area contributed by atoms with Crippen LogP contribution in [-0.2, 0) is 4.74 Å². The van der Waals surface area contributed by atoms with Crippen molar-refractivity contribution in [3.8, 4) is 11.5 Å². The van der Waals surface area contributed by atoms with Crippen molar-refractivity contribution in [3.05, 3.63) is 18.2 Å². The highest BCUT2D eigenvalue weighted by molar-refractivity contribution is 5.91. The number of methoxy groups -OCH3 is 2. The van der Waals surface area contributed by atoms with Crippen LogP contribution in [0.4, 0.5) is 10.5 Å². The Morgan fingerprint density at radius 2 is 2.19 bits per heavy atom. The summed E-state index contributed by atoms with van der Waals surface area (Å²) in [4.78, 5) is 12.0. The monoisotopic (exact) mass is 294 g/mol. The summed E-state index contributed by atoms with van der Waals surface area (Å²) in [6.45, 7) is 2.71. The molecule has 6 nitrogen and oxygen atoms in total. The number of hydrogen-bond donors (Lipinski definition) is 2. The van der Waals surface area contributed by atoms with E-state index in [-0.39, 0.29) is 18.2 Å². The summed E-state index contributed by atoms with van der Waals surface area (Å²) in [5, 5.41) is 5.67. The number of amides is 2. The molecule has 21 heavy (non-hydrogen) atoms. The molecule has 2 N–H and O–H groups in total. The molecule has 0 aromatic heterocycles. The normalized spacial score (nSPS) is 18.9. The van der Waals surface area contributed by atoms with E-state index in [1.165, 1.54) is 0 Å². The van der Waals surface area contributed by atoms with Gasteiger partial charge in [-0.15, -0.1) is 0 Å². The number of ether oxygens (including phenoxy) is 3. The molecule has 2 rings (SSSR count). The van der Waals surface area contributed by atoms with Gasteiger partial charge in [0.15, 0.2) is 0 Å². The molecule has 1 heterocycles.